The SMILES string of the molecule is CCCCCCCCCCCCCCCCCCC(=O)OC[C@H](COP(=O)(O)OC[C@@H](O)COP(=O)(O)OC[C@@H](COC(=O)CCCCCCCCCCCC)OC(=O)CCCCCCCCCCCCC(C)CC)OC(=O)CCCCCCCCCCCCCCCCC(C)CC. The molecule has 0 rings (SSSR count). The first kappa shape index (κ1) is 96.1. The van der Waals surface area contributed by atoms with Crippen LogP contribution >= 0.6 is 15.6 Å². The summed E-state index contributed by atoms with van der Waals surface area (Å²) in [6, 6.07) is 0. The van der Waals surface area contributed by atoms with E-state index in [0.29, 0.717) is 25.7 Å². The second-order valence-electron chi connectivity index (χ2n) is 28.9. The van der Waals surface area contributed by atoms with Gasteiger partial charge in [-0.1, -0.05) is 363 Å². The standard InChI is InChI=1S/C79H154O17P2/c1-7-11-13-15-17-19-21-22-23-24-28-31-38-44-50-56-62-77(82)90-68-75(95-78(83)63-57-51-45-39-32-29-26-25-27-30-35-41-47-53-59-71(5)9-3)70-94-98(87,88)92-66-73(80)65-91-97(85,86)93-69-74(67-89-76(81)61-55-49-43-37-20-18-16-14-12-8-2)96-79(84)64-58-52-46-40-34-33-36-42-48-54-60-72(6)10-4/h71-75,80H,7-70H2,1-6H3,(H,85,86)(H,87,88)/t71?,72?,73-,74+,75+/m0/s1. The van der Waals surface area contributed by atoms with Crippen molar-refractivity contribution in [1.29, 1.82) is 0 Å². The fraction of sp³-hybridized carbons (Fsp3) is 0.949. The van der Waals surface area contributed by atoms with Gasteiger partial charge in [-0.3, -0.25) is 37.3 Å². The molecule has 0 aromatic carbocycles. The highest BCUT2D eigenvalue weighted by molar-refractivity contribution is 7.47. The lowest BCUT2D eigenvalue weighted by atomic mass is 9.99. The summed E-state index contributed by atoms with van der Waals surface area (Å²) < 4.78 is 68.7. The average molecular weight is 1440 g/mol. The van der Waals surface area contributed by atoms with E-state index in [0.717, 1.165) is 102 Å². The van der Waals surface area contributed by atoms with Gasteiger partial charge in [-0.2, -0.15) is 0 Å². The molecule has 0 amide bonds. The summed E-state index contributed by atoms with van der Waals surface area (Å²) in [5, 5.41) is 10.6. The van der Waals surface area contributed by atoms with Gasteiger partial charge in [0, 0.05) is 25.7 Å². The minimum atomic E-state index is -4.96. The maximum Gasteiger partial charge on any atom is 0.472 e. The van der Waals surface area contributed by atoms with Crippen LogP contribution in [-0.2, 0) is 65.4 Å². The fourth-order valence-electron chi connectivity index (χ4n) is 12.1. The van der Waals surface area contributed by atoms with Gasteiger partial charge in [0.2, 0.25) is 0 Å². The smallest absolute Gasteiger partial charge is 0.462 e. The van der Waals surface area contributed by atoms with Gasteiger partial charge < -0.3 is 33.8 Å². The van der Waals surface area contributed by atoms with Gasteiger partial charge in [0.1, 0.15) is 19.3 Å². The Labute approximate surface area is 600 Å². The highest BCUT2D eigenvalue weighted by Gasteiger charge is 2.30. The number of carbonyl (C=O) groups excluding carboxylic acids is 4. The minimum Gasteiger partial charge on any atom is -0.462 e. The Bertz CT molecular complexity index is 1890. The van der Waals surface area contributed by atoms with E-state index in [9.17, 15) is 43.2 Å². The minimum absolute atomic E-state index is 0.107. The molecule has 7 atom stereocenters. The largest absolute Gasteiger partial charge is 0.472 e. The molecule has 0 fully saturated rings. The molecule has 0 radical (unpaired) electrons. The van der Waals surface area contributed by atoms with Gasteiger partial charge >= 0.3 is 39.5 Å². The van der Waals surface area contributed by atoms with Crippen molar-refractivity contribution in [3.63, 3.8) is 0 Å². The number of esters is 4. The maximum absolute atomic E-state index is 13.1. The van der Waals surface area contributed by atoms with Crippen LogP contribution in [0.2, 0.25) is 0 Å². The molecule has 17 nitrogen and oxygen atoms in total. The maximum atomic E-state index is 13.1. The van der Waals surface area contributed by atoms with Crippen molar-refractivity contribution < 1.29 is 80.2 Å². The summed E-state index contributed by atoms with van der Waals surface area (Å²) in [4.78, 5) is 72.9. The normalized spacial score (nSPS) is 14.5. The van der Waals surface area contributed by atoms with Crippen molar-refractivity contribution in [2.45, 2.75) is 432 Å². The number of phosphoric acid groups is 2. The third-order valence-corrected chi connectivity index (χ3v) is 21.1. The zero-order valence-corrected chi connectivity index (χ0v) is 65.9. The number of phosphoric ester groups is 2. The van der Waals surface area contributed by atoms with Crippen molar-refractivity contribution in [1.82, 2.24) is 0 Å². The molecule has 0 spiro atoms. The highest BCUT2D eigenvalue weighted by Crippen LogP contribution is 2.45. The van der Waals surface area contributed by atoms with Crippen LogP contribution in [0.1, 0.15) is 414 Å². The molecule has 0 bridgehead atoms. The van der Waals surface area contributed by atoms with E-state index in [1.165, 1.54) is 231 Å². The molecule has 0 aliphatic carbocycles. The molecule has 0 aliphatic rings. The third-order valence-electron chi connectivity index (χ3n) is 19.2. The van der Waals surface area contributed by atoms with E-state index >= 15 is 0 Å². The molecular formula is C79H154O17P2. The van der Waals surface area contributed by atoms with Crippen molar-refractivity contribution in [2.75, 3.05) is 39.6 Å². The first-order valence-electron chi connectivity index (χ1n) is 41.1. The number of rotatable bonds is 78. The van der Waals surface area contributed by atoms with Gasteiger partial charge in [-0.15, -0.1) is 0 Å². The van der Waals surface area contributed by atoms with E-state index in [1.54, 1.807) is 0 Å². The summed E-state index contributed by atoms with van der Waals surface area (Å²) in [6.45, 7) is 9.69. The van der Waals surface area contributed by atoms with Gasteiger partial charge in [0.05, 0.1) is 26.4 Å². The number of aliphatic hydroxyl groups is 1. The molecule has 0 saturated heterocycles. The van der Waals surface area contributed by atoms with Gasteiger partial charge in [0.15, 0.2) is 12.2 Å². The Morgan fingerprint density at radius 3 is 0.724 bits per heavy atom. The molecule has 4 unspecified atom stereocenters. The Morgan fingerprint density at radius 1 is 0.286 bits per heavy atom. The van der Waals surface area contributed by atoms with E-state index < -0.39 is 97.5 Å². The van der Waals surface area contributed by atoms with Gasteiger partial charge in [0.25, 0.3) is 0 Å². The Kier molecular flexibility index (Phi) is 69.3. The topological polar surface area (TPSA) is 237 Å². The van der Waals surface area contributed by atoms with Crippen LogP contribution in [0.3, 0.4) is 0 Å². The summed E-state index contributed by atoms with van der Waals surface area (Å²) in [7, 11) is -9.92. The van der Waals surface area contributed by atoms with Crippen LogP contribution in [0.4, 0.5) is 0 Å². The molecule has 3 N–H and O–H groups in total. The number of unbranched alkanes of at least 4 members (excludes halogenated alkanes) is 46. The molecular weight excluding hydrogens is 1280 g/mol. The number of hydrogen-bond donors (Lipinski definition) is 3. The first-order chi connectivity index (χ1) is 47.4. The molecule has 0 aromatic rings. The van der Waals surface area contributed by atoms with Crippen LogP contribution in [-0.4, -0.2) is 96.7 Å². The van der Waals surface area contributed by atoms with E-state index in [4.69, 9.17) is 37.0 Å². The lowest BCUT2D eigenvalue weighted by molar-refractivity contribution is -0.161. The number of aliphatic hydroxyl groups excluding tert-OH is 1. The highest BCUT2D eigenvalue weighted by atomic mass is 31.2. The summed E-state index contributed by atoms with van der Waals surface area (Å²) >= 11 is 0. The van der Waals surface area contributed by atoms with Gasteiger partial charge in [-0.25, -0.2) is 9.13 Å². The molecule has 582 valence electrons. The molecule has 19 heteroatoms. The lowest BCUT2D eigenvalue weighted by Gasteiger charge is -2.21. The molecule has 0 saturated carbocycles. The summed E-state index contributed by atoms with van der Waals surface area (Å²) in [5.74, 6) is -0.461. The monoisotopic (exact) mass is 1440 g/mol. The van der Waals surface area contributed by atoms with E-state index in [1.807, 2.05) is 0 Å². The second kappa shape index (κ2) is 70.7. The van der Waals surface area contributed by atoms with E-state index in [-0.39, 0.29) is 25.7 Å². The van der Waals surface area contributed by atoms with E-state index in [2.05, 4.69) is 41.5 Å². The summed E-state index contributed by atoms with van der Waals surface area (Å²) in [6.07, 6.45) is 59.4. The van der Waals surface area contributed by atoms with Crippen molar-refractivity contribution in [2.24, 2.45) is 11.8 Å². The first-order valence-corrected chi connectivity index (χ1v) is 44.1. The number of carbonyl (C=O) groups is 4. The third kappa shape index (κ3) is 69.8. The van der Waals surface area contributed by atoms with Crippen LogP contribution in [0.25, 0.3) is 0 Å². The van der Waals surface area contributed by atoms with Crippen molar-refractivity contribution >= 4 is 39.5 Å². The lowest BCUT2D eigenvalue weighted by Crippen LogP contribution is -2.30. The predicted octanol–water partition coefficient (Wildman–Crippen LogP) is 23.5. The zero-order chi connectivity index (χ0) is 72.1. The molecule has 0 aromatic heterocycles. The number of hydrogen-bond acceptors (Lipinski definition) is 15. The Balaban J connectivity index is 5.25. The van der Waals surface area contributed by atoms with Crippen LogP contribution < -0.4 is 0 Å². The Hall–Kier alpha value is -1.94. The molecule has 98 heavy (non-hydrogen) atoms. The second-order valence-corrected chi connectivity index (χ2v) is 31.8. The van der Waals surface area contributed by atoms with Crippen LogP contribution in [0.5, 0.6) is 0 Å². The molecule has 0 heterocycles. The van der Waals surface area contributed by atoms with Gasteiger partial charge in [-0.05, 0) is 37.5 Å². The summed E-state index contributed by atoms with van der Waals surface area (Å²) in [5.41, 5.74) is 0. The van der Waals surface area contributed by atoms with Crippen molar-refractivity contribution in [3.05, 3.63) is 0 Å². The average Bonchev–Trinajstić information content (AvgIpc) is 1.21. The van der Waals surface area contributed by atoms with Crippen molar-refractivity contribution in [3.8, 4) is 0 Å². The zero-order valence-electron chi connectivity index (χ0n) is 64.1. The predicted molar refractivity (Wildman–Crippen MR) is 400 cm³/mol. The molecule has 0 aliphatic heterocycles. The fourth-order valence-corrected chi connectivity index (χ4v) is 13.7. The Morgan fingerprint density at radius 2 is 0.490 bits per heavy atom. The quantitative estimate of drug-likeness (QED) is 0.0222. The number of ether oxygens (including phenoxy) is 4. The van der Waals surface area contributed by atoms with Crippen LogP contribution in [0, 0.1) is 11.8 Å². The van der Waals surface area contributed by atoms with Crippen LogP contribution in [0.15, 0.2) is 0 Å².